The summed E-state index contributed by atoms with van der Waals surface area (Å²) >= 11 is 0. The lowest BCUT2D eigenvalue weighted by Crippen LogP contribution is -2.23. The summed E-state index contributed by atoms with van der Waals surface area (Å²) < 4.78 is 13.3. The molecular formula is C23H18FNO. The number of carbonyl (C=O) groups is 1. The summed E-state index contributed by atoms with van der Waals surface area (Å²) in [6.45, 7) is 0. The van der Waals surface area contributed by atoms with Crippen LogP contribution in [0.2, 0.25) is 0 Å². The number of carbonyl (C=O) groups excluding carboxylic acids is 1. The Labute approximate surface area is 152 Å². The molecule has 1 fully saturated rings. The Morgan fingerprint density at radius 1 is 0.731 bits per heavy atom. The van der Waals surface area contributed by atoms with Gasteiger partial charge in [-0.25, -0.2) is 4.39 Å². The Bertz CT molecular complexity index is 905. The first-order valence-electron chi connectivity index (χ1n) is 8.66. The molecule has 3 aromatic carbocycles. The number of nitrogens with zero attached hydrogens (tertiary/aromatic N) is 1. The molecule has 4 rings (SSSR count). The highest BCUT2D eigenvalue weighted by molar-refractivity contribution is 6.03. The average molecular weight is 343 g/mol. The van der Waals surface area contributed by atoms with E-state index in [9.17, 15) is 9.18 Å². The summed E-state index contributed by atoms with van der Waals surface area (Å²) in [6.07, 6.45) is 1.12. The van der Waals surface area contributed by atoms with Crippen LogP contribution < -0.4 is 4.90 Å². The van der Waals surface area contributed by atoms with Crippen molar-refractivity contribution < 1.29 is 9.18 Å². The van der Waals surface area contributed by atoms with Crippen LogP contribution in [0.15, 0.2) is 90.6 Å². The molecule has 0 bridgehead atoms. The number of rotatable bonds is 3. The van der Waals surface area contributed by atoms with Gasteiger partial charge in [-0.2, -0.15) is 0 Å². The lowest BCUT2D eigenvalue weighted by molar-refractivity contribution is -0.116. The Balaban J connectivity index is 1.93. The first-order valence-corrected chi connectivity index (χ1v) is 8.66. The van der Waals surface area contributed by atoms with Gasteiger partial charge in [-0.05, 0) is 41.8 Å². The van der Waals surface area contributed by atoms with Gasteiger partial charge in [0, 0.05) is 23.4 Å². The molecule has 1 amide bonds. The van der Waals surface area contributed by atoms with Gasteiger partial charge in [0.25, 0.3) is 0 Å². The summed E-state index contributed by atoms with van der Waals surface area (Å²) in [4.78, 5) is 14.4. The number of hydrogen-bond acceptors (Lipinski definition) is 1. The molecule has 0 saturated carbocycles. The fourth-order valence-electron chi connectivity index (χ4n) is 3.44. The van der Waals surface area contributed by atoms with Crippen LogP contribution >= 0.6 is 0 Å². The van der Waals surface area contributed by atoms with Crippen LogP contribution in [0.3, 0.4) is 0 Å². The second-order valence-corrected chi connectivity index (χ2v) is 6.26. The molecule has 0 atom stereocenters. The van der Waals surface area contributed by atoms with Crippen molar-refractivity contribution >= 4 is 17.2 Å². The van der Waals surface area contributed by atoms with Gasteiger partial charge in [0.15, 0.2) is 0 Å². The third-order valence-electron chi connectivity index (χ3n) is 4.59. The van der Waals surface area contributed by atoms with E-state index >= 15 is 0 Å². The van der Waals surface area contributed by atoms with Crippen LogP contribution in [0.4, 0.5) is 10.1 Å². The lowest BCUT2D eigenvalue weighted by Gasteiger charge is -2.22. The minimum atomic E-state index is -0.308. The van der Waals surface area contributed by atoms with E-state index in [0.717, 1.165) is 22.4 Å². The average Bonchev–Trinajstić information content (AvgIpc) is 3.06. The highest BCUT2D eigenvalue weighted by Gasteiger charge is 2.30. The van der Waals surface area contributed by atoms with Crippen LogP contribution in [0.1, 0.15) is 24.0 Å². The van der Waals surface area contributed by atoms with Gasteiger partial charge in [-0.1, -0.05) is 60.7 Å². The summed E-state index contributed by atoms with van der Waals surface area (Å²) in [5.41, 5.74) is 4.83. The van der Waals surface area contributed by atoms with Gasteiger partial charge in [-0.3, -0.25) is 9.69 Å². The van der Waals surface area contributed by atoms with Gasteiger partial charge in [0.2, 0.25) is 5.91 Å². The number of anilines is 1. The summed E-state index contributed by atoms with van der Waals surface area (Å²) in [7, 11) is 0. The van der Waals surface area contributed by atoms with Gasteiger partial charge in [0.1, 0.15) is 5.82 Å². The quantitative estimate of drug-likeness (QED) is 0.622. The molecule has 1 aliphatic heterocycles. The van der Waals surface area contributed by atoms with Crippen molar-refractivity contribution in [2.45, 2.75) is 12.8 Å². The van der Waals surface area contributed by atoms with E-state index in [1.807, 2.05) is 36.4 Å². The van der Waals surface area contributed by atoms with Crippen molar-refractivity contribution in [1.82, 2.24) is 0 Å². The number of allylic oxidation sites excluding steroid dienone is 1. The smallest absolute Gasteiger partial charge is 0.231 e. The van der Waals surface area contributed by atoms with E-state index in [1.165, 1.54) is 12.1 Å². The maximum atomic E-state index is 13.3. The van der Waals surface area contributed by atoms with Crippen LogP contribution in [-0.4, -0.2) is 5.91 Å². The Kier molecular flexibility index (Phi) is 4.36. The third-order valence-corrected chi connectivity index (χ3v) is 4.59. The Morgan fingerprint density at radius 2 is 1.27 bits per heavy atom. The van der Waals surface area contributed by atoms with Crippen LogP contribution in [0.25, 0.3) is 5.57 Å². The molecule has 1 saturated heterocycles. The standard InChI is InChI=1S/C23H18FNO/c24-19-11-13-20(14-12-19)25-21(15-16-22(25)26)23(17-7-3-1-4-8-17)18-9-5-2-6-10-18/h1-14H,15-16H2. The molecule has 1 aliphatic rings. The first kappa shape index (κ1) is 16.3. The van der Waals surface area contributed by atoms with E-state index in [1.54, 1.807) is 17.0 Å². The highest BCUT2D eigenvalue weighted by Crippen LogP contribution is 2.37. The molecule has 0 aromatic heterocycles. The SMILES string of the molecule is O=C1CCC(=C(c2ccccc2)c2ccccc2)N1c1ccc(F)cc1. The molecule has 0 radical (unpaired) electrons. The van der Waals surface area contributed by atoms with Crippen molar-refractivity contribution in [3.05, 3.63) is 108 Å². The molecule has 26 heavy (non-hydrogen) atoms. The van der Waals surface area contributed by atoms with Crippen molar-refractivity contribution in [2.75, 3.05) is 4.90 Å². The fraction of sp³-hybridized carbons (Fsp3) is 0.0870. The molecule has 0 aliphatic carbocycles. The number of halogens is 1. The predicted molar refractivity (Wildman–Crippen MR) is 102 cm³/mol. The van der Waals surface area contributed by atoms with Crippen molar-refractivity contribution in [3.8, 4) is 0 Å². The maximum absolute atomic E-state index is 13.3. The zero-order valence-electron chi connectivity index (χ0n) is 14.2. The molecule has 3 aromatic rings. The highest BCUT2D eigenvalue weighted by atomic mass is 19.1. The predicted octanol–water partition coefficient (Wildman–Crippen LogP) is 5.41. The van der Waals surface area contributed by atoms with Gasteiger partial charge in [-0.15, -0.1) is 0 Å². The minimum Gasteiger partial charge on any atom is -0.284 e. The van der Waals surface area contributed by atoms with E-state index in [0.29, 0.717) is 18.5 Å². The molecule has 2 nitrogen and oxygen atoms in total. The van der Waals surface area contributed by atoms with Crippen LogP contribution in [0, 0.1) is 5.82 Å². The Morgan fingerprint density at radius 3 is 1.81 bits per heavy atom. The first-order chi connectivity index (χ1) is 12.7. The molecule has 128 valence electrons. The summed E-state index contributed by atoms with van der Waals surface area (Å²) in [5, 5.41) is 0. The molecule has 0 unspecified atom stereocenters. The van der Waals surface area contributed by atoms with E-state index in [-0.39, 0.29) is 11.7 Å². The lowest BCUT2D eigenvalue weighted by atomic mass is 9.95. The van der Waals surface area contributed by atoms with Crippen molar-refractivity contribution in [1.29, 1.82) is 0 Å². The largest absolute Gasteiger partial charge is 0.284 e. The molecular weight excluding hydrogens is 325 g/mol. The Hall–Kier alpha value is -3.20. The van der Waals surface area contributed by atoms with Crippen molar-refractivity contribution in [2.24, 2.45) is 0 Å². The number of amides is 1. The summed E-state index contributed by atoms with van der Waals surface area (Å²) in [5.74, 6) is -0.270. The van der Waals surface area contributed by atoms with E-state index < -0.39 is 0 Å². The van der Waals surface area contributed by atoms with Gasteiger partial charge < -0.3 is 0 Å². The monoisotopic (exact) mass is 343 g/mol. The zero-order valence-corrected chi connectivity index (χ0v) is 14.2. The van der Waals surface area contributed by atoms with E-state index in [2.05, 4.69) is 24.3 Å². The van der Waals surface area contributed by atoms with Crippen LogP contribution in [-0.2, 0) is 4.79 Å². The maximum Gasteiger partial charge on any atom is 0.231 e. The zero-order chi connectivity index (χ0) is 17.9. The molecule has 0 spiro atoms. The topological polar surface area (TPSA) is 20.3 Å². The molecule has 0 N–H and O–H groups in total. The van der Waals surface area contributed by atoms with Gasteiger partial charge >= 0.3 is 0 Å². The van der Waals surface area contributed by atoms with Gasteiger partial charge in [0.05, 0.1) is 0 Å². The fourth-order valence-corrected chi connectivity index (χ4v) is 3.44. The van der Waals surface area contributed by atoms with Crippen LogP contribution in [0.5, 0.6) is 0 Å². The van der Waals surface area contributed by atoms with Crippen molar-refractivity contribution in [3.63, 3.8) is 0 Å². The second-order valence-electron chi connectivity index (χ2n) is 6.26. The summed E-state index contributed by atoms with van der Waals surface area (Å²) in [6, 6.07) is 26.3. The minimum absolute atomic E-state index is 0.0379. The molecule has 1 heterocycles. The second kappa shape index (κ2) is 6.96. The normalized spacial score (nSPS) is 14.0. The third kappa shape index (κ3) is 3.04. The number of benzene rings is 3. The molecule has 3 heteroatoms. The number of hydrogen-bond donors (Lipinski definition) is 0. The van der Waals surface area contributed by atoms with E-state index in [4.69, 9.17) is 0 Å².